The molecule has 3 aromatic rings. The number of anilines is 1. The Morgan fingerprint density at radius 2 is 2.04 bits per heavy atom. The number of hydrogen-bond donors (Lipinski definition) is 1. The average Bonchev–Trinajstić information content (AvgIpc) is 2.68. The van der Waals surface area contributed by atoms with E-state index in [1.165, 1.54) is 43.7 Å². The van der Waals surface area contributed by atoms with Crippen molar-refractivity contribution in [3.8, 4) is 5.75 Å². The Labute approximate surface area is 159 Å². The molecule has 0 aliphatic rings. The van der Waals surface area contributed by atoms with Gasteiger partial charge < -0.3 is 14.5 Å². The number of methoxy groups -OCH3 is 1. The number of ether oxygens (including phenoxy) is 1. The number of fused-ring (bicyclic) bond motifs is 1. The van der Waals surface area contributed by atoms with Crippen LogP contribution >= 0.6 is 0 Å². The second-order valence-corrected chi connectivity index (χ2v) is 5.98. The third kappa shape index (κ3) is 3.90. The van der Waals surface area contributed by atoms with Crippen LogP contribution in [0.4, 0.5) is 11.4 Å². The van der Waals surface area contributed by atoms with Gasteiger partial charge in [0.1, 0.15) is 17.6 Å². The van der Waals surface area contributed by atoms with Crippen molar-refractivity contribution in [3.05, 3.63) is 80.2 Å². The topological polar surface area (TPSA) is 112 Å². The van der Waals surface area contributed by atoms with Gasteiger partial charge in [0.05, 0.1) is 34.7 Å². The van der Waals surface area contributed by atoms with Gasteiger partial charge in [-0.25, -0.2) is 0 Å². The molecule has 1 aromatic heterocycles. The molecule has 0 unspecified atom stereocenters. The second-order valence-electron chi connectivity index (χ2n) is 5.98. The molecule has 0 aliphatic carbocycles. The number of nitrogens with zero attached hydrogens (tertiary/aromatic N) is 1. The molecule has 0 radical (unpaired) electrons. The normalized spacial score (nSPS) is 10.9. The maximum absolute atomic E-state index is 12.5. The Morgan fingerprint density at radius 3 is 2.75 bits per heavy atom. The van der Waals surface area contributed by atoms with Crippen LogP contribution in [0.1, 0.15) is 11.1 Å². The molecular weight excluding hydrogens is 364 g/mol. The molecule has 1 N–H and O–H groups in total. The van der Waals surface area contributed by atoms with Gasteiger partial charge in [0, 0.05) is 12.1 Å². The highest BCUT2D eigenvalue weighted by Gasteiger charge is 2.12. The number of non-ortho nitro benzene ring substituents is 1. The molecule has 0 atom stereocenters. The molecule has 0 aliphatic heterocycles. The van der Waals surface area contributed by atoms with Crippen molar-refractivity contribution in [1.29, 1.82) is 0 Å². The summed E-state index contributed by atoms with van der Waals surface area (Å²) >= 11 is 0. The van der Waals surface area contributed by atoms with Gasteiger partial charge in [-0.3, -0.25) is 19.7 Å². The Morgan fingerprint density at radius 1 is 1.25 bits per heavy atom. The fourth-order valence-electron chi connectivity index (χ4n) is 2.61. The van der Waals surface area contributed by atoms with E-state index in [4.69, 9.17) is 9.15 Å². The van der Waals surface area contributed by atoms with Crippen molar-refractivity contribution in [1.82, 2.24) is 0 Å². The van der Waals surface area contributed by atoms with Gasteiger partial charge in [-0.05, 0) is 31.2 Å². The zero-order valence-corrected chi connectivity index (χ0v) is 15.1. The van der Waals surface area contributed by atoms with E-state index < -0.39 is 10.8 Å². The monoisotopic (exact) mass is 380 g/mol. The van der Waals surface area contributed by atoms with E-state index >= 15 is 0 Å². The molecule has 0 fully saturated rings. The fraction of sp³-hybridized carbons (Fsp3) is 0.100. The summed E-state index contributed by atoms with van der Waals surface area (Å²) in [6.07, 6.45) is 3.81. The van der Waals surface area contributed by atoms with Gasteiger partial charge in [-0.2, -0.15) is 0 Å². The first-order valence-electron chi connectivity index (χ1n) is 8.22. The average molecular weight is 380 g/mol. The predicted octanol–water partition coefficient (Wildman–Crippen LogP) is 3.67. The van der Waals surface area contributed by atoms with Crippen LogP contribution in [-0.4, -0.2) is 17.9 Å². The first-order valence-corrected chi connectivity index (χ1v) is 8.22. The highest BCUT2D eigenvalue weighted by Crippen LogP contribution is 2.29. The first kappa shape index (κ1) is 18.8. The fourth-order valence-corrected chi connectivity index (χ4v) is 2.61. The van der Waals surface area contributed by atoms with Crippen molar-refractivity contribution in [2.75, 3.05) is 12.4 Å². The molecule has 1 amide bonds. The molecular formula is C20H16N2O6. The number of amides is 1. The third-order valence-corrected chi connectivity index (χ3v) is 4.02. The summed E-state index contributed by atoms with van der Waals surface area (Å²) in [5.74, 6) is -0.382. The van der Waals surface area contributed by atoms with Crippen LogP contribution in [-0.2, 0) is 4.79 Å². The number of nitrogens with one attached hydrogen (secondary N) is 1. The number of benzene rings is 2. The molecule has 3 rings (SSSR count). The van der Waals surface area contributed by atoms with Crippen LogP contribution in [0.25, 0.3) is 17.0 Å². The number of aryl methyl sites for hydroxylation is 1. The number of carbonyl (C=O) groups is 1. The summed E-state index contributed by atoms with van der Waals surface area (Å²) in [6.45, 7) is 1.87. The maximum Gasteiger partial charge on any atom is 0.273 e. The molecule has 142 valence electrons. The summed E-state index contributed by atoms with van der Waals surface area (Å²) in [6, 6.07) is 9.11. The third-order valence-electron chi connectivity index (χ3n) is 4.02. The maximum atomic E-state index is 12.5. The van der Waals surface area contributed by atoms with Crippen LogP contribution in [0, 0.1) is 17.0 Å². The van der Waals surface area contributed by atoms with E-state index in [0.717, 1.165) is 5.56 Å². The Hall–Kier alpha value is -3.94. The van der Waals surface area contributed by atoms with Gasteiger partial charge in [0.25, 0.3) is 5.69 Å². The lowest BCUT2D eigenvalue weighted by atomic mass is 10.1. The van der Waals surface area contributed by atoms with Crippen LogP contribution in [0.3, 0.4) is 0 Å². The molecule has 2 aromatic carbocycles. The Bertz CT molecular complexity index is 1160. The molecule has 0 spiro atoms. The first-order chi connectivity index (χ1) is 13.4. The van der Waals surface area contributed by atoms with E-state index in [1.54, 1.807) is 12.1 Å². The Balaban J connectivity index is 1.83. The van der Waals surface area contributed by atoms with Crippen molar-refractivity contribution in [2.24, 2.45) is 0 Å². The zero-order chi connectivity index (χ0) is 20.3. The van der Waals surface area contributed by atoms with Gasteiger partial charge in [0.2, 0.25) is 5.91 Å². The zero-order valence-electron chi connectivity index (χ0n) is 15.1. The minimum absolute atomic E-state index is 0.150. The largest absolute Gasteiger partial charge is 0.494 e. The van der Waals surface area contributed by atoms with Crippen LogP contribution in [0.5, 0.6) is 5.75 Å². The highest BCUT2D eigenvalue weighted by molar-refractivity contribution is 6.03. The summed E-state index contributed by atoms with van der Waals surface area (Å²) in [5, 5.41) is 13.8. The molecule has 0 saturated carbocycles. The smallest absolute Gasteiger partial charge is 0.273 e. The lowest BCUT2D eigenvalue weighted by Crippen LogP contribution is -2.10. The second kappa shape index (κ2) is 7.75. The number of carbonyl (C=O) groups excluding carboxylic acids is 1. The van der Waals surface area contributed by atoms with Crippen LogP contribution < -0.4 is 15.5 Å². The highest BCUT2D eigenvalue weighted by atomic mass is 16.6. The van der Waals surface area contributed by atoms with Crippen molar-refractivity contribution >= 4 is 34.3 Å². The van der Waals surface area contributed by atoms with E-state index in [9.17, 15) is 19.7 Å². The minimum atomic E-state index is -0.561. The summed E-state index contributed by atoms with van der Waals surface area (Å²) in [4.78, 5) is 35.0. The van der Waals surface area contributed by atoms with Crippen molar-refractivity contribution < 1.29 is 18.9 Å². The van der Waals surface area contributed by atoms with Crippen LogP contribution in [0.15, 0.2) is 57.9 Å². The molecule has 8 nitrogen and oxygen atoms in total. The summed E-state index contributed by atoms with van der Waals surface area (Å²) < 4.78 is 10.5. The number of nitro groups is 1. The van der Waals surface area contributed by atoms with E-state index in [2.05, 4.69) is 5.32 Å². The lowest BCUT2D eigenvalue weighted by Gasteiger charge is -2.08. The quantitative estimate of drug-likeness (QED) is 0.411. The van der Waals surface area contributed by atoms with Gasteiger partial charge >= 0.3 is 0 Å². The number of hydrogen-bond acceptors (Lipinski definition) is 6. The Kier molecular flexibility index (Phi) is 5.21. The molecule has 0 bridgehead atoms. The summed E-state index contributed by atoms with van der Waals surface area (Å²) in [7, 11) is 1.34. The van der Waals surface area contributed by atoms with Gasteiger partial charge in [-0.15, -0.1) is 0 Å². The van der Waals surface area contributed by atoms with E-state index in [0.29, 0.717) is 11.0 Å². The molecule has 1 heterocycles. The molecule has 8 heteroatoms. The van der Waals surface area contributed by atoms with Crippen molar-refractivity contribution in [2.45, 2.75) is 6.92 Å². The van der Waals surface area contributed by atoms with Gasteiger partial charge in [0.15, 0.2) is 5.43 Å². The molecule has 0 saturated heterocycles. The van der Waals surface area contributed by atoms with Crippen LogP contribution in [0.2, 0.25) is 0 Å². The van der Waals surface area contributed by atoms with Gasteiger partial charge in [-0.1, -0.05) is 11.6 Å². The molecule has 28 heavy (non-hydrogen) atoms. The summed E-state index contributed by atoms with van der Waals surface area (Å²) in [5.41, 5.74) is 1.47. The standard InChI is InChI=1S/C20H16N2O6/c1-12-3-7-17-15(9-12)20(24)13(11-28-17)4-8-19(23)21-16-6-5-14(22(25)26)10-18(16)27-2/h3-11H,1-2H3,(H,21,23)/b8-4+. The van der Waals surface area contributed by atoms with Crippen molar-refractivity contribution in [3.63, 3.8) is 0 Å². The lowest BCUT2D eigenvalue weighted by molar-refractivity contribution is -0.384. The van der Waals surface area contributed by atoms with E-state index in [1.807, 2.05) is 13.0 Å². The number of nitro benzene ring substituents is 1. The SMILES string of the molecule is COc1cc([N+](=O)[O-])ccc1NC(=O)/C=C/c1coc2ccc(C)cc2c1=O. The predicted molar refractivity (Wildman–Crippen MR) is 105 cm³/mol. The number of rotatable bonds is 5. The minimum Gasteiger partial charge on any atom is -0.494 e. The van der Waals surface area contributed by atoms with E-state index in [-0.39, 0.29) is 28.1 Å².